The van der Waals surface area contributed by atoms with E-state index in [1.165, 1.54) is 4.57 Å². The van der Waals surface area contributed by atoms with E-state index in [0.29, 0.717) is 24.6 Å². The molecule has 0 bridgehead atoms. The van der Waals surface area contributed by atoms with Gasteiger partial charge in [-0.15, -0.1) is 0 Å². The number of para-hydroxylation sites is 2. The van der Waals surface area contributed by atoms with Crippen LogP contribution in [0, 0.1) is 0 Å². The summed E-state index contributed by atoms with van der Waals surface area (Å²) in [5.41, 5.74) is 1.45. The quantitative estimate of drug-likeness (QED) is 0.708. The van der Waals surface area contributed by atoms with Crippen molar-refractivity contribution in [1.82, 2.24) is 9.55 Å². The maximum Gasteiger partial charge on any atom is 0.297 e. The van der Waals surface area contributed by atoms with Crippen molar-refractivity contribution >= 4 is 5.82 Å². The second kappa shape index (κ2) is 8.20. The van der Waals surface area contributed by atoms with Gasteiger partial charge in [-0.2, -0.15) is 0 Å². The third kappa shape index (κ3) is 3.85. The Morgan fingerprint density at radius 3 is 2.81 bits per heavy atom. The topological polar surface area (TPSA) is 65.4 Å². The Labute approximate surface area is 152 Å². The van der Waals surface area contributed by atoms with Crippen molar-refractivity contribution in [3.8, 4) is 17.2 Å². The lowest BCUT2D eigenvalue weighted by Crippen LogP contribution is -2.23. The first-order chi connectivity index (χ1) is 12.7. The average Bonchev–Trinajstić information content (AvgIpc) is 2.68. The number of hydrogen-bond donors (Lipinski definition) is 1. The highest BCUT2D eigenvalue weighted by atomic mass is 16.5. The number of ether oxygens (including phenoxy) is 2. The van der Waals surface area contributed by atoms with Crippen LogP contribution < -0.4 is 20.3 Å². The minimum Gasteiger partial charge on any atom is -0.497 e. The predicted octanol–water partition coefficient (Wildman–Crippen LogP) is 3.25. The number of anilines is 1. The molecule has 0 saturated carbocycles. The molecule has 6 heteroatoms. The third-order valence-corrected chi connectivity index (χ3v) is 3.86. The summed E-state index contributed by atoms with van der Waals surface area (Å²) in [5, 5.41) is 3.10. The molecule has 6 nitrogen and oxygen atoms in total. The summed E-state index contributed by atoms with van der Waals surface area (Å²) < 4.78 is 12.4. The van der Waals surface area contributed by atoms with Gasteiger partial charge in [0, 0.05) is 18.9 Å². The van der Waals surface area contributed by atoms with Crippen molar-refractivity contribution in [2.24, 2.45) is 0 Å². The van der Waals surface area contributed by atoms with Gasteiger partial charge in [-0.25, -0.2) is 4.98 Å². The minimum atomic E-state index is -0.234. The molecule has 3 aromatic rings. The van der Waals surface area contributed by atoms with Crippen LogP contribution in [0.5, 0.6) is 11.5 Å². The molecule has 1 N–H and O–H groups in total. The van der Waals surface area contributed by atoms with Gasteiger partial charge in [-0.3, -0.25) is 9.36 Å². The Morgan fingerprint density at radius 1 is 1.15 bits per heavy atom. The standard InChI is InChI=1S/C20H21N3O3/c1-3-26-18-10-5-4-9-17(18)23-12-11-21-19(20(23)24)22-14-15-7-6-8-16(13-15)25-2/h4-13H,3,14H2,1-2H3,(H,21,22). The monoisotopic (exact) mass is 351 g/mol. The van der Waals surface area contributed by atoms with Crippen LogP contribution in [0.2, 0.25) is 0 Å². The first-order valence-electron chi connectivity index (χ1n) is 8.39. The second-order valence-electron chi connectivity index (χ2n) is 5.56. The lowest BCUT2D eigenvalue weighted by molar-refractivity contribution is 0.339. The molecule has 0 atom stereocenters. The van der Waals surface area contributed by atoms with E-state index < -0.39 is 0 Å². The number of hydrogen-bond acceptors (Lipinski definition) is 5. The predicted molar refractivity (Wildman–Crippen MR) is 101 cm³/mol. The van der Waals surface area contributed by atoms with Gasteiger partial charge >= 0.3 is 0 Å². The molecule has 26 heavy (non-hydrogen) atoms. The minimum absolute atomic E-state index is 0.234. The molecular weight excluding hydrogens is 330 g/mol. The Bertz CT molecular complexity index is 937. The van der Waals surface area contributed by atoms with E-state index in [2.05, 4.69) is 10.3 Å². The number of methoxy groups -OCH3 is 1. The molecule has 3 rings (SSSR count). The third-order valence-electron chi connectivity index (χ3n) is 3.86. The molecule has 0 saturated heterocycles. The molecule has 0 unspecified atom stereocenters. The van der Waals surface area contributed by atoms with Crippen LogP contribution in [-0.2, 0) is 6.54 Å². The van der Waals surface area contributed by atoms with Gasteiger partial charge in [0.15, 0.2) is 5.82 Å². The molecule has 0 spiro atoms. The number of benzene rings is 2. The van der Waals surface area contributed by atoms with E-state index in [-0.39, 0.29) is 11.4 Å². The maximum atomic E-state index is 12.8. The van der Waals surface area contributed by atoms with Crippen LogP contribution in [0.15, 0.2) is 65.7 Å². The molecule has 0 aliphatic carbocycles. The van der Waals surface area contributed by atoms with E-state index in [1.54, 1.807) is 19.5 Å². The molecule has 0 aliphatic rings. The van der Waals surface area contributed by atoms with Crippen molar-refractivity contribution in [3.63, 3.8) is 0 Å². The normalized spacial score (nSPS) is 10.4. The van der Waals surface area contributed by atoms with Crippen LogP contribution in [0.25, 0.3) is 5.69 Å². The first-order valence-corrected chi connectivity index (χ1v) is 8.39. The average molecular weight is 351 g/mol. The van der Waals surface area contributed by atoms with Gasteiger partial charge in [-0.05, 0) is 36.8 Å². The lowest BCUT2D eigenvalue weighted by Gasteiger charge is -2.13. The van der Waals surface area contributed by atoms with E-state index >= 15 is 0 Å². The lowest BCUT2D eigenvalue weighted by atomic mass is 10.2. The zero-order valence-corrected chi connectivity index (χ0v) is 14.8. The molecule has 1 heterocycles. The van der Waals surface area contributed by atoms with E-state index in [9.17, 15) is 4.79 Å². The van der Waals surface area contributed by atoms with Gasteiger partial charge in [0.2, 0.25) is 0 Å². The molecule has 134 valence electrons. The van der Waals surface area contributed by atoms with Crippen molar-refractivity contribution in [2.75, 3.05) is 19.0 Å². The molecule has 0 amide bonds. The summed E-state index contributed by atoms with van der Waals surface area (Å²) in [5.74, 6) is 1.71. The van der Waals surface area contributed by atoms with Crippen molar-refractivity contribution in [3.05, 3.63) is 76.8 Å². The summed E-state index contributed by atoms with van der Waals surface area (Å²) in [7, 11) is 1.62. The SMILES string of the molecule is CCOc1ccccc1-n1ccnc(NCc2cccc(OC)c2)c1=O. The van der Waals surface area contributed by atoms with Crippen molar-refractivity contribution in [2.45, 2.75) is 13.5 Å². The Balaban J connectivity index is 1.87. The fourth-order valence-electron chi connectivity index (χ4n) is 2.62. The van der Waals surface area contributed by atoms with Gasteiger partial charge in [0.05, 0.1) is 19.4 Å². The Morgan fingerprint density at radius 2 is 2.00 bits per heavy atom. The molecular formula is C20H21N3O3. The fourth-order valence-corrected chi connectivity index (χ4v) is 2.62. The molecule has 2 aromatic carbocycles. The van der Waals surface area contributed by atoms with E-state index in [0.717, 1.165) is 11.3 Å². The van der Waals surface area contributed by atoms with Crippen LogP contribution in [0.3, 0.4) is 0 Å². The van der Waals surface area contributed by atoms with Crippen LogP contribution in [0.4, 0.5) is 5.82 Å². The highest BCUT2D eigenvalue weighted by Crippen LogP contribution is 2.21. The highest BCUT2D eigenvalue weighted by Gasteiger charge is 2.10. The number of rotatable bonds is 7. The van der Waals surface area contributed by atoms with E-state index in [4.69, 9.17) is 9.47 Å². The molecule has 0 radical (unpaired) electrons. The Kier molecular flexibility index (Phi) is 5.53. The zero-order valence-electron chi connectivity index (χ0n) is 14.8. The van der Waals surface area contributed by atoms with Crippen LogP contribution in [0.1, 0.15) is 12.5 Å². The van der Waals surface area contributed by atoms with Crippen LogP contribution in [-0.4, -0.2) is 23.3 Å². The molecule has 0 fully saturated rings. The van der Waals surface area contributed by atoms with Gasteiger partial charge in [0.25, 0.3) is 5.56 Å². The largest absolute Gasteiger partial charge is 0.497 e. The summed E-state index contributed by atoms with van der Waals surface area (Å²) >= 11 is 0. The highest BCUT2D eigenvalue weighted by molar-refractivity contribution is 5.48. The number of nitrogens with zero attached hydrogens (tertiary/aromatic N) is 2. The van der Waals surface area contributed by atoms with Crippen LogP contribution >= 0.6 is 0 Å². The molecule has 0 aliphatic heterocycles. The summed E-state index contributed by atoms with van der Waals surface area (Å²) in [4.78, 5) is 17.0. The molecule has 1 aromatic heterocycles. The smallest absolute Gasteiger partial charge is 0.297 e. The van der Waals surface area contributed by atoms with Crippen molar-refractivity contribution in [1.29, 1.82) is 0 Å². The van der Waals surface area contributed by atoms with Gasteiger partial charge in [0.1, 0.15) is 11.5 Å². The Hall–Kier alpha value is -3.28. The summed E-state index contributed by atoms with van der Waals surface area (Å²) in [6.45, 7) is 2.90. The van der Waals surface area contributed by atoms with Gasteiger partial charge in [-0.1, -0.05) is 24.3 Å². The fraction of sp³-hybridized carbons (Fsp3) is 0.200. The van der Waals surface area contributed by atoms with Crippen molar-refractivity contribution < 1.29 is 9.47 Å². The van der Waals surface area contributed by atoms with E-state index in [1.807, 2.05) is 55.5 Å². The first kappa shape index (κ1) is 17.5. The summed E-state index contributed by atoms with van der Waals surface area (Å²) in [6, 6.07) is 15.1. The summed E-state index contributed by atoms with van der Waals surface area (Å²) in [6.07, 6.45) is 3.23. The number of nitrogens with one attached hydrogen (secondary N) is 1. The van der Waals surface area contributed by atoms with Gasteiger partial charge < -0.3 is 14.8 Å². The zero-order chi connectivity index (χ0) is 18.4. The number of aromatic nitrogens is 2. The second-order valence-corrected chi connectivity index (χ2v) is 5.56. The maximum absolute atomic E-state index is 12.8.